The minimum absolute atomic E-state index is 0.124. The van der Waals surface area contributed by atoms with Crippen molar-refractivity contribution in [3.05, 3.63) is 52.7 Å². The van der Waals surface area contributed by atoms with Crippen LogP contribution >= 0.6 is 11.6 Å². The summed E-state index contributed by atoms with van der Waals surface area (Å²) < 4.78 is 68.9. The maximum atomic E-state index is 13.5. The smallest absolute Gasteiger partial charge is 0.435 e. The van der Waals surface area contributed by atoms with Gasteiger partial charge in [0.2, 0.25) is 0 Å². The van der Waals surface area contributed by atoms with Gasteiger partial charge in [0, 0.05) is 25.4 Å². The Morgan fingerprint density at radius 2 is 1.97 bits per heavy atom. The number of hydrogen-bond acceptors (Lipinski definition) is 4. The summed E-state index contributed by atoms with van der Waals surface area (Å²) in [6.45, 7) is 0. The molecule has 0 spiro atoms. The molecule has 1 atom stereocenters. The van der Waals surface area contributed by atoms with Crippen molar-refractivity contribution in [2.45, 2.75) is 24.6 Å². The SMILES string of the molecule is Cn1c(-c2cn(C3CC3(F)F)nc2C(F)(F)F)cnc1C(=O)Nc1ccc(C(=O)O)c(Cl)c1. The second-order valence-electron chi connectivity index (χ2n) is 7.33. The molecule has 8 nitrogen and oxygen atoms in total. The molecule has 2 N–H and O–H groups in total. The predicted octanol–water partition coefficient (Wildman–Crippen LogP) is 4.49. The van der Waals surface area contributed by atoms with Crippen molar-refractivity contribution < 1.29 is 36.6 Å². The zero-order valence-electron chi connectivity index (χ0n) is 16.5. The quantitative estimate of drug-likeness (QED) is 0.514. The summed E-state index contributed by atoms with van der Waals surface area (Å²) in [5, 5.41) is 14.6. The molecule has 1 amide bonds. The highest BCUT2D eigenvalue weighted by atomic mass is 35.5. The minimum Gasteiger partial charge on any atom is -0.478 e. The lowest BCUT2D eigenvalue weighted by atomic mass is 10.2. The van der Waals surface area contributed by atoms with Crippen LogP contribution in [-0.4, -0.2) is 42.2 Å². The van der Waals surface area contributed by atoms with Crippen LogP contribution < -0.4 is 5.32 Å². The minimum atomic E-state index is -4.93. The van der Waals surface area contributed by atoms with E-state index in [1.807, 2.05) is 0 Å². The normalized spacial score (nSPS) is 17.1. The molecule has 14 heteroatoms. The molecule has 0 saturated heterocycles. The highest BCUT2D eigenvalue weighted by Gasteiger charge is 2.59. The third-order valence-corrected chi connectivity index (χ3v) is 5.35. The summed E-state index contributed by atoms with van der Waals surface area (Å²) in [4.78, 5) is 27.5. The van der Waals surface area contributed by atoms with E-state index >= 15 is 0 Å². The van der Waals surface area contributed by atoms with Gasteiger partial charge in [-0.15, -0.1) is 0 Å². The zero-order chi connectivity index (χ0) is 24.3. The van der Waals surface area contributed by atoms with Gasteiger partial charge in [0.05, 0.1) is 28.0 Å². The van der Waals surface area contributed by atoms with E-state index < -0.39 is 47.7 Å². The van der Waals surface area contributed by atoms with Crippen molar-refractivity contribution in [1.82, 2.24) is 19.3 Å². The zero-order valence-corrected chi connectivity index (χ0v) is 17.2. The molecule has 0 bridgehead atoms. The van der Waals surface area contributed by atoms with Crippen LogP contribution in [0.1, 0.15) is 39.1 Å². The molecule has 1 aromatic carbocycles. The number of carboxylic acids is 1. The third-order valence-electron chi connectivity index (χ3n) is 5.04. The summed E-state index contributed by atoms with van der Waals surface area (Å²) in [7, 11) is 1.28. The van der Waals surface area contributed by atoms with E-state index in [1.54, 1.807) is 0 Å². The second-order valence-corrected chi connectivity index (χ2v) is 7.74. The first kappa shape index (κ1) is 22.7. The van der Waals surface area contributed by atoms with Gasteiger partial charge in [0.1, 0.15) is 6.04 Å². The first-order valence-corrected chi connectivity index (χ1v) is 9.58. The molecule has 1 saturated carbocycles. The number of carbonyl (C=O) groups excluding carboxylic acids is 1. The number of carbonyl (C=O) groups is 2. The predicted molar refractivity (Wildman–Crippen MR) is 104 cm³/mol. The first-order valence-electron chi connectivity index (χ1n) is 9.20. The topological polar surface area (TPSA) is 102 Å². The summed E-state index contributed by atoms with van der Waals surface area (Å²) in [5.41, 5.74) is -2.11. The van der Waals surface area contributed by atoms with Gasteiger partial charge in [-0.25, -0.2) is 18.6 Å². The average molecular weight is 490 g/mol. The number of amides is 1. The molecule has 1 aliphatic rings. The fraction of sp³-hybridized carbons (Fsp3) is 0.263. The van der Waals surface area contributed by atoms with Gasteiger partial charge in [-0.2, -0.15) is 18.3 Å². The van der Waals surface area contributed by atoms with Gasteiger partial charge >= 0.3 is 12.1 Å². The maximum Gasteiger partial charge on any atom is 0.435 e. The number of nitrogens with zero attached hydrogens (tertiary/aromatic N) is 4. The molecule has 2 aromatic heterocycles. The highest BCUT2D eigenvalue weighted by Crippen LogP contribution is 2.53. The van der Waals surface area contributed by atoms with Crippen molar-refractivity contribution in [3.63, 3.8) is 0 Å². The number of rotatable bonds is 5. The summed E-state index contributed by atoms with van der Waals surface area (Å²) in [5.74, 6) is -5.52. The van der Waals surface area contributed by atoms with Crippen LogP contribution in [0.3, 0.4) is 0 Å². The fourth-order valence-corrected chi connectivity index (χ4v) is 3.52. The maximum absolute atomic E-state index is 13.5. The van der Waals surface area contributed by atoms with Gasteiger partial charge in [0.15, 0.2) is 11.5 Å². The second kappa shape index (κ2) is 7.54. The first-order chi connectivity index (χ1) is 15.3. The van der Waals surface area contributed by atoms with Crippen LogP contribution in [0.2, 0.25) is 5.02 Å². The number of aromatic carboxylic acids is 1. The monoisotopic (exact) mass is 489 g/mol. The molecule has 1 aliphatic carbocycles. The van der Waals surface area contributed by atoms with Gasteiger partial charge in [-0.1, -0.05) is 11.6 Å². The Morgan fingerprint density at radius 3 is 2.52 bits per heavy atom. The molecule has 0 radical (unpaired) electrons. The Balaban J connectivity index is 1.65. The van der Waals surface area contributed by atoms with Crippen LogP contribution in [0, 0.1) is 0 Å². The van der Waals surface area contributed by atoms with Crippen molar-refractivity contribution in [2.75, 3.05) is 5.32 Å². The van der Waals surface area contributed by atoms with Gasteiger partial charge in [0.25, 0.3) is 11.8 Å². The molecular weight excluding hydrogens is 477 g/mol. The van der Waals surface area contributed by atoms with Crippen LogP contribution in [0.25, 0.3) is 11.3 Å². The standard InChI is InChI=1S/C19H13ClF5N5O3/c1-29-12(10-7-30(13-5-18(13,21)22)28-14(10)19(23,24)25)6-26-15(29)16(31)27-8-2-3-9(17(32)33)11(20)4-8/h2-4,6-7,13H,5H2,1H3,(H,27,31)(H,32,33). The Hall–Kier alpha value is -3.48. The molecule has 1 unspecified atom stereocenters. The lowest BCUT2D eigenvalue weighted by molar-refractivity contribution is -0.141. The number of carboxylic acid groups (broad SMARTS) is 1. The van der Waals surface area contributed by atoms with Crippen molar-refractivity contribution >= 4 is 29.2 Å². The van der Waals surface area contributed by atoms with Crippen LogP contribution in [-0.2, 0) is 13.2 Å². The van der Waals surface area contributed by atoms with E-state index in [1.165, 1.54) is 25.2 Å². The van der Waals surface area contributed by atoms with Crippen molar-refractivity contribution in [2.24, 2.45) is 7.05 Å². The number of alkyl halides is 5. The molecule has 2 heterocycles. The lowest BCUT2D eigenvalue weighted by Crippen LogP contribution is -2.17. The fourth-order valence-electron chi connectivity index (χ4n) is 3.26. The molecule has 174 valence electrons. The summed E-state index contributed by atoms with van der Waals surface area (Å²) in [6, 6.07) is 2.16. The van der Waals surface area contributed by atoms with Gasteiger partial charge in [-0.3, -0.25) is 9.48 Å². The Labute approximate surface area is 186 Å². The van der Waals surface area contributed by atoms with Gasteiger partial charge < -0.3 is 15.0 Å². The number of anilines is 1. The number of hydrogen-bond donors (Lipinski definition) is 2. The van der Waals surface area contributed by atoms with Gasteiger partial charge in [-0.05, 0) is 18.2 Å². The number of aromatic nitrogens is 4. The molecule has 1 fully saturated rings. The third kappa shape index (κ3) is 4.15. The molecule has 3 aromatic rings. The Bertz CT molecular complexity index is 1280. The van der Waals surface area contributed by atoms with Crippen LogP contribution in [0.15, 0.2) is 30.6 Å². The van der Waals surface area contributed by atoms with E-state index in [4.69, 9.17) is 16.7 Å². The van der Waals surface area contributed by atoms with E-state index in [-0.39, 0.29) is 27.8 Å². The molecule has 33 heavy (non-hydrogen) atoms. The lowest BCUT2D eigenvalue weighted by Gasteiger charge is -2.09. The van der Waals surface area contributed by atoms with Crippen LogP contribution in [0.4, 0.5) is 27.6 Å². The summed E-state index contributed by atoms with van der Waals surface area (Å²) in [6.07, 6.45) is -3.69. The van der Waals surface area contributed by atoms with Crippen molar-refractivity contribution in [1.29, 1.82) is 0 Å². The summed E-state index contributed by atoms with van der Waals surface area (Å²) >= 11 is 5.86. The van der Waals surface area contributed by atoms with E-state index in [9.17, 15) is 31.5 Å². The van der Waals surface area contributed by atoms with Crippen LogP contribution in [0.5, 0.6) is 0 Å². The van der Waals surface area contributed by atoms with Crippen molar-refractivity contribution in [3.8, 4) is 11.3 Å². The Morgan fingerprint density at radius 1 is 1.30 bits per heavy atom. The molecule has 0 aliphatic heterocycles. The number of benzene rings is 1. The molecular formula is C19H13ClF5N5O3. The number of imidazole rings is 1. The number of halogens is 6. The average Bonchev–Trinajstić information content (AvgIpc) is 3.04. The van der Waals surface area contributed by atoms with E-state index in [0.29, 0.717) is 4.68 Å². The van der Waals surface area contributed by atoms with E-state index in [2.05, 4.69) is 15.4 Å². The number of nitrogens with one attached hydrogen (secondary N) is 1. The van der Waals surface area contributed by atoms with E-state index in [0.717, 1.165) is 17.0 Å². The highest BCUT2D eigenvalue weighted by molar-refractivity contribution is 6.33. The largest absolute Gasteiger partial charge is 0.478 e. The molecule has 4 rings (SSSR count). The Kier molecular flexibility index (Phi) is 5.19.